The monoisotopic (exact) mass is 276 g/mol. The molecule has 4 heteroatoms. The molecule has 2 heterocycles. The van der Waals surface area contributed by atoms with E-state index in [0.717, 1.165) is 29.7 Å². The number of hydrogen-bond acceptors (Lipinski definition) is 3. The SMILES string of the molecule is CC(C)C1CSC(=NC2CCOc3ccccc32)N1. The van der Waals surface area contributed by atoms with Gasteiger partial charge in [0.2, 0.25) is 0 Å². The summed E-state index contributed by atoms with van der Waals surface area (Å²) in [5.41, 5.74) is 1.22. The van der Waals surface area contributed by atoms with Gasteiger partial charge in [0, 0.05) is 23.8 Å². The fourth-order valence-corrected chi connectivity index (χ4v) is 3.69. The van der Waals surface area contributed by atoms with Gasteiger partial charge in [0.25, 0.3) is 0 Å². The quantitative estimate of drug-likeness (QED) is 0.900. The van der Waals surface area contributed by atoms with Gasteiger partial charge in [-0.05, 0) is 12.0 Å². The number of nitrogens with zero attached hydrogens (tertiary/aromatic N) is 1. The summed E-state index contributed by atoms with van der Waals surface area (Å²) in [6, 6.07) is 9.04. The third kappa shape index (κ3) is 2.73. The normalized spacial score (nSPS) is 28.1. The number of aliphatic imine (C=N–C) groups is 1. The number of thioether (sulfide) groups is 1. The van der Waals surface area contributed by atoms with Gasteiger partial charge in [-0.25, -0.2) is 0 Å². The second-order valence-electron chi connectivity index (χ2n) is 5.43. The van der Waals surface area contributed by atoms with E-state index in [2.05, 4.69) is 31.3 Å². The molecule has 1 aromatic rings. The summed E-state index contributed by atoms with van der Waals surface area (Å²) in [7, 11) is 0. The Bertz CT molecular complexity index is 487. The van der Waals surface area contributed by atoms with Crippen molar-refractivity contribution >= 4 is 16.9 Å². The van der Waals surface area contributed by atoms with Crippen LogP contribution in [0, 0.1) is 5.92 Å². The van der Waals surface area contributed by atoms with Crippen LogP contribution in [0.2, 0.25) is 0 Å². The van der Waals surface area contributed by atoms with Crippen molar-refractivity contribution < 1.29 is 4.74 Å². The first-order chi connectivity index (χ1) is 9.24. The number of rotatable bonds is 2. The summed E-state index contributed by atoms with van der Waals surface area (Å²) in [5, 5.41) is 4.64. The van der Waals surface area contributed by atoms with Gasteiger partial charge in [-0.1, -0.05) is 43.8 Å². The lowest BCUT2D eigenvalue weighted by molar-refractivity contribution is 0.269. The lowest BCUT2D eigenvalue weighted by Crippen LogP contribution is -2.32. The molecule has 0 aliphatic carbocycles. The molecule has 0 spiro atoms. The van der Waals surface area contributed by atoms with Crippen LogP contribution in [-0.2, 0) is 0 Å². The lowest BCUT2D eigenvalue weighted by atomic mass is 10.0. The zero-order valence-electron chi connectivity index (χ0n) is 11.4. The van der Waals surface area contributed by atoms with Crippen LogP contribution in [0.25, 0.3) is 0 Å². The number of hydrogen-bond donors (Lipinski definition) is 1. The predicted molar refractivity (Wildman–Crippen MR) is 80.9 cm³/mol. The molecule has 1 aromatic carbocycles. The Balaban J connectivity index is 1.78. The molecule has 0 aromatic heterocycles. The van der Waals surface area contributed by atoms with Gasteiger partial charge in [-0.2, -0.15) is 0 Å². The Kier molecular flexibility index (Phi) is 3.69. The first kappa shape index (κ1) is 12.9. The first-order valence-corrected chi connectivity index (χ1v) is 7.91. The van der Waals surface area contributed by atoms with Crippen LogP contribution in [0.1, 0.15) is 31.9 Å². The molecule has 3 rings (SSSR count). The van der Waals surface area contributed by atoms with E-state index in [-0.39, 0.29) is 6.04 Å². The largest absolute Gasteiger partial charge is 0.493 e. The molecule has 2 aliphatic heterocycles. The molecule has 1 N–H and O–H groups in total. The average molecular weight is 276 g/mol. The summed E-state index contributed by atoms with van der Waals surface area (Å²) >= 11 is 1.85. The predicted octanol–water partition coefficient (Wildman–Crippen LogP) is 3.23. The molecule has 1 fully saturated rings. The lowest BCUT2D eigenvalue weighted by Gasteiger charge is -2.23. The number of amidine groups is 1. The minimum atomic E-state index is 0.242. The van der Waals surface area contributed by atoms with E-state index < -0.39 is 0 Å². The molecule has 2 unspecified atom stereocenters. The third-order valence-electron chi connectivity index (χ3n) is 3.71. The number of fused-ring (bicyclic) bond motifs is 1. The van der Waals surface area contributed by atoms with E-state index in [0.29, 0.717) is 12.0 Å². The molecular weight excluding hydrogens is 256 g/mol. The van der Waals surface area contributed by atoms with E-state index in [1.807, 2.05) is 23.9 Å². The molecule has 0 amide bonds. The standard InChI is InChI=1S/C15H20N2OS/c1-10(2)13-9-19-15(17-13)16-12-7-8-18-14-6-4-3-5-11(12)14/h3-6,10,12-13H,7-9H2,1-2H3,(H,16,17). The van der Waals surface area contributed by atoms with Gasteiger partial charge in [0.1, 0.15) is 5.75 Å². The summed E-state index contributed by atoms with van der Waals surface area (Å²) in [4.78, 5) is 4.90. The third-order valence-corrected chi connectivity index (χ3v) is 4.74. The molecule has 2 aliphatic rings. The molecular formula is C15H20N2OS. The maximum absolute atomic E-state index is 5.68. The second-order valence-corrected chi connectivity index (χ2v) is 6.44. The van der Waals surface area contributed by atoms with Crippen molar-refractivity contribution in [1.29, 1.82) is 0 Å². The van der Waals surface area contributed by atoms with Crippen molar-refractivity contribution in [3.63, 3.8) is 0 Å². The summed E-state index contributed by atoms with van der Waals surface area (Å²) in [6.07, 6.45) is 0.967. The van der Waals surface area contributed by atoms with Crippen LogP contribution in [0.4, 0.5) is 0 Å². The fourth-order valence-electron chi connectivity index (χ4n) is 2.44. The molecule has 1 saturated heterocycles. The van der Waals surface area contributed by atoms with Crippen molar-refractivity contribution in [2.24, 2.45) is 10.9 Å². The van der Waals surface area contributed by atoms with E-state index in [1.54, 1.807) is 0 Å². The summed E-state index contributed by atoms with van der Waals surface area (Å²) in [6.45, 7) is 5.27. The van der Waals surface area contributed by atoms with Crippen LogP contribution in [0.5, 0.6) is 5.75 Å². The van der Waals surface area contributed by atoms with Crippen molar-refractivity contribution in [1.82, 2.24) is 5.32 Å². The van der Waals surface area contributed by atoms with Gasteiger partial charge < -0.3 is 10.1 Å². The molecule has 102 valence electrons. The highest BCUT2D eigenvalue weighted by atomic mass is 32.2. The van der Waals surface area contributed by atoms with Crippen LogP contribution in [-0.4, -0.2) is 23.6 Å². The smallest absolute Gasteiger partial charge is 0.157 e. The molecule has 0 saturated carbocycles. The Morgan fingerprint density at radius 3 is 3.00 bits per heavy atom. The Hall–Kier alpha value is -1.16. The van der Waals surface area contributed by atoms with Gasteiger partial charge in [-0.15, -0.1) is 0 Å². The maximum Gasteiger partial charge on any atom is 0.157 e. The van der Waals surface area contributed by atoms with Gasteiger partial charge in [0.15, 0.2) is 5.17 Å². The van der Waals surface area contributed by atoms with E-state index in [9.17, 15) is 0 Å². The highest BCUT2D eigenvalue weighted by molar-refractivity contribution is 8.14. The highest BCUT2D eigenvalue weighted by Crippen LogP contribution is 2.35. The summed E-state index contributed by atoms with van der Waals surface area (Å²) < 4.78 is 5.68. The number of para-hydroxylation sites is 1. The number of nitrogens with one attached hydrogen (secondary N) is 1. The molecule has 19 heavy (non-hydrogen) atoms. The zero-order chi connectivity index (χ0) is 13.2. The van der Waals surface area contributed by atoms with E-state index in [4.69, 9.17) is 9.73 Å². The highest BCUT2D eigenvalue weighted by Gasteiger charge is 2.26. The number of ether oxygens (including phenoxy) is 1. The Morgan fingerprint density at radius 1 is 1.37 bits per heavy atom. The van der Waals surface area contributed by atoms with Crippen molar-refractivity contribution in [2.75, 3.05) is 12.4 Å². The molecule has 2 atom stereocenters. The second kappa shape index (κ2) is 5.45. The Labute approximate surface area is 118 Å². The van der Waals surface area contributed by atoms with Crippen molar-refractivity contribution in [3.05, 3.63) is 29.8 Å². The Morgan fingerprint density at radius 2 is 2.21 bits per heavy atom. The van der Waals surface area contributed by atoms with E-state index >= 15 is 0 Å². The number of benzene rings is 1. The van der Waals surface area contributed by atoms with Crippen LogP contribution >= 0.6 is 11.8 Å². The topological polar surface area (TPSA) is 33.6 Å². The fraction of sp³-hybridized carbons (Fsp3) is 0.533. The minimum Gasteiger partial charge on any atom is -0.493 e. The maximum atomic E-state index is 5.68. The molecule has 0 bridgehead atoms. The van der Waals surface area contributed by atoms with Gasteiger partial charge >= 0.3 is 0 Å². The van der Waals surface area contributed by atoms with Crippen molar-refractivity contribution in [3.8, 4) is 5.75 Å². The zero-order valence-corrected chi connectivity index (χ0v) is 12.2. The molecule has 0 radical (unpaired) electrons. The average Bonchev–Trinajstić information content (AvgIpc) is 2.88. The van der Waals surface area contributed by atoms with Crippen LogP contribution in [0.15, 0.2) is 29.3 Å². The van der Waals surface area contributed by atoms with Crippen LogP contribution < -0.4 is 10.1 Å². The summed E-state index contributed by atoms with van der Waals surface area (Å²) in [5.74, 6) is 2.77. The van der Waals surface area contributed by atoms with Crippen LogP contribution in [0.3, 0.4) is 0 Å². The molecule has 3 nitrogen and oxygen atoms in total. The van der Waals surface area contributed by atoms with Crippen molar-refractivity contribution in [2.45, 2.75) is 32.4 Å². The minimum absolute atomic E-state index is 0.242. The van der Waals surface area contributed by atoms with E-state index in [1.165, 1.54) is 5.56 Å². The van der Waals surface area contributed by atoms with Gasteiger partial charge in [-0.3, -0.25) is 4.99 Å². The first-order valence-electron chi connectivity index (χ1n) is 6.93. The van der Waals surface area contributed by atoms with Gasteiger partial charge in [0.05, 0.1) is 12.6 Å².